The summed E-state index contributed by atoms with van der Waals surface area (Å²) < 4.78 is 6.62. The van der Waals surface area contributed by atoms with E-state index < -0.39 is 23.3 Å². The first kappa shape index (κ1) is 17.2. The Labute approximate surface area is 133 Å². The third-order valence-electron chi connectivity index (χ3n) is 3.56. The predicted octanol–water partition coefficient (Wildman–Crippen LogP) is 0.738. The van der Waals surface area contributed by atoms with E-state index in [0.29, 0.717) is 25.9 Å². The first-order valence-electron chi connectivity index (χ1n) is 7.42. The highest BCUT2D eigenvalue weighted by Gasteiger charge is 2.36. The molecule has 9 heteroatoms. The van der Waals surface area contributed by atoms with Gasteiger partial charge in [0, 0.05) is 13.1 Å². The number of aromatic carboxylic acids is 1. The lowest BCUT2D eigenvalue weighted by atomic mass is 9.91. The number of likely N-dealkylation sites (tertiary alicyclic amines) is 1. The molecule has 0 atom stereocenters. The van der Waals surface area contributed by atoms with Gasteiger partial charge in [0.25, 0.3) is 0 Å². The largest absolute Gasteiger partial charge is 0.476 e. The fraction of sp³-hybridized carbons (Fsp3) is 0.714. The molecule has 0 unspecified atom stereocenters. The van der Waals surface area contributed by atoms with Crippen molar-refractivity contribution in [3.63, 3.8) is 0 Å². The normalized spacial score (nSPS) is 17.8. The van der Waals surface area contributed by atoms with E-state index in [4.69, 9.17) is 9.84 Å². The average molecular weight is 326 g/mol. The molecule has 23 heavy (non-hydrogen) atoms. The van der Waals surface area contributed by atoms with Crippen molar-refractivity contribution in [1.29, 1.82) is 0 Å². The summed E-state index contributed by atoms with van der Waals surface area (Å²) in [6.45, 7) is 6.27. The van der Waals surface area contributed by atoms with E-state index in [0.717, 1.165) is 0 Å². The molecule has 1 amide bonds. The minimum Gasteiger partial charge on any atom is -0.476 e. The molecule has 1 aliphatic rings. The maximum atomic E-state index is 12.0. The summed E-state index contributed by atoms with van der Waals surface area (Å²) in [6, 6.07) is 0. The molecular weight excluding hydrogens is 304 g/mol. The molecule has 0 bridgehead atoms. The van der Waals surface area contributed by atoms with E-state index >= 15 is 0 Å². The zero-order valence-electron chi connectivity index (χ0n) is 13.5. The number of aromatic nitrogens is 3. The minimum absolute atomic E-state index is 0.134. The molecule has 1 aromatic rings. The Morgan fingerprint density at radius 2 is 1.96 bits per heavy atom. The second-order valence-corrected chi connectivity index (χ2v) is 6.80. The van der Waals surface area contributed by atoms with Gasteiger partial charge in [-0.25, -0.2) is 14.3 Å². The van der Waals surface area contributed by atoms with Gasteiger partial charge in [0.1, 0.15) is 5.60 Å². The fourth-order valence-corrected chi connectivity index (χ4v) is 2.37. The van der Waals surface area contributed by atoms with Gasteiger partial charge >= 0.3 is 12.1 Å². The number of piperidine rings is 1. The second kappa shape index (κ2) is 6.15. The van der Waals surface area contributed by atoms with Gasteiger partial charge in [-0.2, -0.15) is 0 Å². The average Bonchev–Trinajstić information content (AvgIpc) is 2.85. The minimum atomic E-state index is -1.16. The highest BCUT2D eigenvalue weighted by Crippen LogP contribution is 2.25. The number of carboxylic acids is 1. The van der Waals surface area contributed by atoms with Crippen LogP contribution >= 0.6 is 0 Å². The molecule has 0 aromatic carbocycles. The summed E-state index contributed by atoms with van der Waals surface area (Å²) in [6.07, 6.45) is 1.59. The van der Waals surface area contributed by atoms with E-state index in [2.05, 4.69) is 10.3 Å². The van der Waals surface area contributed by atoms with Crippen LogP contribution in [0.2, 0.25) is 0 Å². The van der Waals surface area contributed by atoms with E-state index in [1.54, 1.807) is 25.7 Å². The van der Waals surface area contributed by atoms with Crippen LogP contribution in [-0.2, 0) is 11.3 Å². The first-order valence-corrected chi connectivity index (χ1v) is 7.42. The van der Waals surface area contributed by atoms with Gasteiger partial charge in [-0.3, -0.25) is 0 Å². The summed E-state index contributed by atoms with van der Waals surface area (Å²) in [5, 5.41) is 26.6. The van der Waals surface area contributed by atoms with Crippen molar-refractivity contribution in [2.45, 2.75) is 51.4 Å². The maximum absolute atomic E-state index is 12.0. The fourth-order valence-electron chi connectivity index (χ4n) is 2.37. The molecule has 1 aromatic heterocycles. The van der Waals surface area contributed by atoms with Gasteiger partial charge in [-0.1, -0.05) is 5.21 Å². The molecule has 0 saturated carbocycles. The SMILES string of the molecule is CC(C)(C)OC(=O)N1CCC(O)(Cn2cc(C(=O)O)nn2)CC1. The Kier molecular flexibility index (Phi) is 4.60. The van der Waals surface area contributed by atoms with Gasteiger partial charge < -0.3 is 19.8 Å². The van der Waals surface area contributed by atoms with E-state index in [-0.39, 0.29) is 12.2 Å². The lowest BCUT2D eigenvalue weighted by Crippen LogP contribution is -2.49. The molecule has 9 nitrogen and oxygen atoms in total. The molecular formula is C14H22N4O5. The molecule has 2 rings (SSSR count). The van der Waals surface area contributed by atoms with Crippen molar-refractivity contribution >= 4 is 12.1 Å². The Morgan fingerprint density at radius 3 is 2.43 bits per heavy atom. The van der Waals surface area contributed by atoms with Crippen molar-refractivity contribution in [2.24, 2.45) is 0 Å². The van der Waals surface area contributed by atoms with Crippen molar-refractivity contribution in [3.05, 3.63) is 11.9 Å². The van der Waals surface area contributed by atoms with Crippen molar-refractivity contribution in [1.82, 2.24) is 19.9 Å². The zero-order chi connectivity index (χ0) is 17.3. The highest BCUT2D eigenvalue weighted by molar-refractivity contribution is 5.84. The molecule has 128 valence electrons. The zero-order valence-corrected chi connectivity index (χ0v) is 13.5. The van der Waals surface area contributed by atoms with Crippen LogP contribution in [0.1, 0.15) is 44.1 Å². The molecule has 0 spiro atoms. The number of rotatable bonds is 3. The quantitative estimate of drug-likeness (QED) is 0.841. The number of nitrogens with zero attached hydrogens (tertiary/aromatic N) is 4. The van der Waals surface area contributed by atoms with Crippen LogP contribution in [-0.4, -0.2) is 66.5 Å². The Bertz CT molecular complexity index is 584. The summed E-state index contributed by atoms with van der Waals surface area (Å²) in [4.78, 5) is 24.3. The number of hydrogen-bond acceptors (Lipinski definition) is 6. The van der Waals surface area contributed by atoms with Crippen LogP contribution in [0.4, 0.5) is 4.79 Å². The first-order chi connectivity index (χ1) is 10.6. The Balaban J connectivity index is 1.91. The number of hydrogen-bond donors (Lipinski definition) is 2. The number of carboxylic acid groups (broad SMARTS) is 1. The van der Waals surface area contributed by atoms with Gasteiger partial charge in [-0.15, -0.1) is 5.10 Å². The monoisotopic (exact) mass is 326 g/mol. The number of carbonyl (C=O) groups is 2. The van der Waals surface area contributed by atoms with Crippen molar-refractivity contribution in [3.8, 4) is 0 Å². The number of ether oxygens (including phenoxy) is 1. The number of carbonyl (C=O) groups excluding carboxylic acids is 1. The molecule has 1 fully saturated rings. The van der Waals surface area contributed by atoms with Gasteiger partial charge in [0.05, 0.1) is 18.3 Å². The van der Waals surface area contributed by atoms with Gasteiger partial charge in [-0.05, 0) is 33.6 Å². The Hall–Kier alpha value is -2.16. The third kappa shape index (κ3) is 4.65. The molecule has 2 N–H and O–H groups in total. The summed E-state index contributed by atoms with van der Waals surface area (Å²) in [7, 11) is 0. The van der Waals surface area contributed by atoms with Crippen molar-refractivity contribution in [2.75, 3.05) is 13.1 Å². The number of amides is 1. The molecule has 2 heterocycles. The number of aliphatic hydroxyl groups is 1. The van der Waals surface area contributed by atoms with E-state index in [1.807, 2.05) is 0 Å². The van der Waals surface area contributed by atoms with Crippen LogP contribution in [0.25, 0.3) is 0 Å². The molecule has 0 radical (unpaired) electrons. The lowest BCUT2D eigenvalue weighted by Gasteiger charge is -2.38. The Morgan fingerprint density at radius 1 is 1.35 bits per heavy atom. The standard InChI is InChI=1S/C14H22N4O5/c1-13(2,3)23-12(21)17-6-4-14(22,5-7-17)9-18-8-10(11(19)20)15-16-18/h8,22H,4-7,9H2,1-3H3,(H,19,20). The summed E-state index contributed by atoms with van der Waals surface area (Å²) in [5.41, 5.74) is -1.78. The van der Waals surface area contributed by atoms with Crippen LogP contribution in [0, 0.1) is 0 Å². The summed E-state index contributed by atoms with van der Waals surface area (Å²) in [5.74, 6) is -1.16. The second-order valence-electron chi connectivity index (χ2n) is 6.80. The van der Waals surface area contributed by atoms with E-state index in [9.17, 15) is 14.7 Å². The molecule has 1 saturated heterocycles. The smallest absolute Gasteiger partial charge is 0.410 e. The van der Waals surface area contributed by atoms with Crippen molar-refractivity contribution < 1.29 is 24.5 Å². The summed E-state index contributed by atoms with van der Waals surface area (Å²) >= 11 is 0. The van der Waals surface area contributed by atoms with E-state index in [1.165, 1.54) is 10.9 Å². The maximum Gasteiger partial charge on any atom is 0.410 e. The van der Waals surface area contributed by atoms with Gasteiger partial charge in [0.2, 0.25) is 0 Å². The highest BCUT2D eigenvalue weighted by atomic mass is 16.6. The van der Waals surface area contributed by atoms with Gasteiger partial charge in [0.15, 0.2) is 5.69 Å². The predicted molar refractivity (Wildman–Crippen MR) is 79.0 cm³/mol. The molecule has 0 aliphatic carbocycles. The van der Waals surface area contributed by atoms with Crippen LogP contribution in [0.5, 0.6) is 0 Å². The topological polar surface area (TPSA) is 118 Å². The lowest BCUT2D eigenvalue weighted by molar-refractivity contribution is -0.0434. The third-order valence-corrected chi connectivity index (χ3v) is 3.56. The van der Waals surface area contributed by atoms with Crippen LogP contribution in [0.3, 0.4) is 0 Å². The molecule has 1 aliphatic heterocycles. The van der Waals surface area contributed by atoms with Crippen LogP contribution in [0.15, 0.2) is 6.20 Å². The van der Waals surface area contributed by atoms with Crippen LogP contribution < -0.4 is 0 Å².